The summed E-state index contributed by atoms with van der Waals surface area (Å²) in [7, 11) is 1.44. The quantitative estimate of drug-likeness (QED) is 0.514. The van der Waals surface area contributed by atoms with E-state index in [0.29, 0.717) is 12.0 Å². The molecule has 90 valence electrons. The van der Waals surface area contributed by atoms with Crippen LogP contribution in [0.2, 0.25) is 0 Å². The average Bonchev–Trinajstić information content (AvgIpc) is 2.16. The lowest BCUT2D eigenvalue weighted by atomic mass is 9.78. The van der Waals surface area contributed by atoms with Crippen LogP contribution >= 0.6 is 0 Å². The minimum absolute atomic E-state index is 0.0402. The minimum Gasteiger partial charge on any atom is -0.493 e. The van der Waals surface area contributed by atoms with E-state index >= 15 is 0 Å². The Morgan fingerprint density at radius 3 is 2.19 bits per heavy atom. The van der Waals surface area contributed by atoms with E-state index in [1.165, 1.54) is 14.0 Å². The van der Waals surface area contributed by atoms with E-state index in [4.69, 9.17) is 4.74 Å². The first kappa shape index (κ1) is 14.6. The third-order valence-corrected chi connectivity index (χ3v) is 2.49. The lowest BCUT2D eigenvalue weighted by Crippen LogP contribution is -2.24. The number of carbonyl (C=O) groups is 2. The third-order valence-electron chi connectivity index (χ3n) is 2.49. The van der Waals surface area contributed by atoms with Gasteiger partial charge in [0.15, 0.2) is 5.76 Å². The van der Waals surface area contributed by atoms with Crippen molar-refractivity contribution in [2.24, 2.45) is 5.41 Å². The molecule has 0 bridgehead atoms. The van der Waals surface area contributed by atoms with E-state index in [-0.39, 0.29) is 17.3 Å². The van der Waals surface area contributed by atoms with Crippen LogP contribution in [0.4, 0.5) is 0 Å². The lowest BCUT2D eigenvalue weighted by Gasteiger charge is -2.25. The molecule has 3 heteroatoms. The van der Waals surface area contributed by atoms with Crippen molar-refractivity contribution in [3.8, 4) is 0 Å². The number of Topliss-reactive ketones (excluding diaryl/α,β-unsaturated/α-hetero) is 2. The van der Waals surface area contributed by atoms with Gasteiger partial charge in [-0.05, 0) is 25.3 Å². The number of methoxy groups -OCH3 is 1. The van der Waals surface area contributed by atoms with Crippen LogP contribution in [0.5, 0.6) is 0 Å². The normalized spacial score (nSPS) is 12.2. The van der Waals surface area contributed by atoms with Crippen LogP contribution in [-0.4, -0.2) is 18.7 Å². The highest BCUT2D eigenvalue weighted by Crippen LogP contribution is 2.31. The number of carbonyl (C=O) groups excluding carboxylic acids is 2. The molecule has 3 nitrogen and oxygen atoms in total. The molecule has 0 aliphatic rings. The van der Waals surface area contributed by atoms with Crippen molar-refractivity contribution in [3.05, 3.63) is 24.0 Å². The van der Waals surface area contributed by atoms with Crippen molar-refractivity contribution in [2.45, 2.75) is 34.1 Å². The Kier molecular flexibility index (Phi) is 5.15. The van der Waals surface area contributed by atoms with Gasteiger partial charge in [-0.25, -0.2) is 0 Å². The molecule has 0 heterocycles. The molecule has 0 unspecified atom stereocenters. The van der Waals surface area contributed by atoms with Gasteiger partial charge in [0.05, 0.1) is 7.11 Å². The second-order valence-corrected chi connectivity index (χ2v) is 4.43. The van der Waals surface area contributed by atoms with Crippen LogP contribution in [0.3, 0.4) is 0 Å². The van der Waals surface area contributed by atoms with E-state index < -0.39 is 5.41 Å². The molecule has 0 fully saturated rings. The summed E-state index contributed by atoms with van der Waals surface area (Å²) in [5, 5.41) is 0. The summed E-state index contributed by atoms with van der Waals surface area (Å²) < 4.78 is 4.95. The highest BCUT2D eigenvalue weighted by molar-refractivity contribution is 6.07. The Balaban J connectivity index is 4.93. The molecule has 0 aliphatic carbocycles. The van der Waals surface area contributed by atoms with Gasteiger partial charge in [0.25, 0.3) is 0 Å². The van der Waals surface area contributed by atoms with Crippen molar-refractivity contribution >= 4 is 11.6 Å². The molecule has 0 aromatic carbocycles. The summed E-state index contributed by atoms with van der Waals surface area (Å²) in [6, 6.07) is 0. The second kappa shape index (κ2) is 5.64. The maximum Gasteiger partial charge on any atom is 0.223 e. The zero-order valence-electron chi connectivity index (χ0n) is 10.7. The molecule has 0 saturated carbocycles. The van der Waals surface area contributed by atoms with E-state index in [2.05, 4.69) is 6.58 Å². The molecular formula is C13H20O3. The first-order chi connectivity index (χ1) is 7.26. The SMILES string of the molecule is C=C(C(=O)/C(=C\C)OC)C(C)(C)CC(C)=O. The Bertz CT molecular complexity index is 335. The molecule has 0 saturated heterocycles. The van der Waals surface area contributed by atoms with Gasteiger partial charge in [0, 0.05) is 12.0 Å². The van der Waals surface area contributed by atoms with Crippen LogP contribution in [0.15, 0.2) is 24.0 Å². The lowest BCUT2D eigenvalue weighted by molar-refractivity contribution is -0.119. The summed E-state index contributed by atoms with van der Waals surface area (Å²) in [6.45, 7) is 10.7. The molecule has 0 amide bonds. The van der Waals surface area contributed by atoms with Crippen LogP contribution < -0.4 is 0 Å². The van der Waals surface area contributed by atoms with Crippen molar-refractivity contribution in [1.82, 2.24) is 0 Å². The smallest absolute Gasteiger partial charge is 0.223 e. The monoisotopic (exact) mass is 224 g/mol. The molecule has 0 spiro atoms. The molecule has 0 atom stereocenters. The highest BCUT2D eigenvalue weighted by atomic mass is 16.5. The van der Waals surface area contributed by atoms with Gasteiger partial charge in [-0.3, -0.25) is 9.59 Å². The van der Waals surface area contributed by atoms with Crippen molar-refractivity contribution in [3.63, 3.8) is 0 Å². The average molecular weight is 224 g/mol. The predicted octanol–water partition coefficient (Wildman–Crippen LogP) is 2.67. The first-order valence-corrected chi connectivity index (χ1v) is 5.20. The fourth-order valence-corrected chi connectivity index (χ4v) is 1.53. The Morgan fingerprint density at radius 1 is 1.38 bits per heavy atom. The van der Waals surface area contributed by atoms with E-state index in [9.17, 15) is 9.59 Å². The maximum absolute atomic E-state index is 11.9. The van der Waals surface area contributed by atoms with E-state index in [1.54, 1.807) is 13.0 Å². The number of hydrogen-bond donors (Lipinski definition) is 0. The summed E-state index contributed by atoms with van der Waals surface area (Å²) >= 11 is 0. The number of ketones is 2. The van der Waals surface area contributed by atoms with Crippen LogP contribution in [0, 0.1) is 5.41 Å². The van der Waals surface area contributed by atoms with Crippen LogP contribution in [0.1, 0.15) is 34.1 Å². The molecule has 0 rings (SSSR count). The minimum atomic E-state index is -0.532. The Hall–Kier alpha value is -1.38. The predicted molar refractivity (Wildman–Crippen MR) is 64.0 cm³/mol. The maximum atomic E-state index is 11.9. The van der Waals surface area contributed by atoms with Crippen LogP contribution in [-0.2, 0) is 14.3 Å². The Morgan fingerprint density at radius 2 is 1.88 bits per heavy atom. The largest absolute Gasteiger partial charge is 0.493 e. The molecular weight excluding hydrogens is 204 g/mol. The van der Waals surface area contributed by atoms with E-state index in [0.717, 1.165) is 0 Å². The topological polar surface area (TPSA) is 43.4 Å². The van der Waals surface area contributed by atoms with Gasteiger partial charge in [0.1, 0.15) is 5.78 Å². The van der Waals surface area contributed by atoms with Gasteiger partial charge in [-0.1, -0.05) is 20.4 Å². The van der Waals surface area contributed by atoms with Gasteiger partial charge in [-0.2, -0.15) is 0 Å². The summed E-state index contributed by atoms with van der Waals surface area (Å²) in [5.74, 6) is 0.0660. The number of ether oxygens (including phenoxy) is 1. The van der Waals surface area contributed by atoms with Crippen molar-refractivity contribution < 1.29 is 14.3 Å². The van der Waals surface area contributed by atoms with Gasteiger partial charge < -0.3 is 4.74 Å². The molecule has 0 N–H and O–H groups in total. The number of allylic oxidation sites excluding steroid dienone is 2. The zero-order chi connectivity index (χ0) is 12.9. The van der Waals surface area contributed by atoms with Crippen molar-refractivity contribution in [2.75, 3.05) is 7.11 Å². The summed E-state index contributed by atoms with van der Waals surface area (Å²) in [6.07, 6.45) is 1.90. The van der Waals surface area contributed by atoms with Gasteiger partial charge in [0.2, 0.25) is 5.78 Å². The summed E-state index contributed by atoms with van der Waals surface area (Å²) in [4.78, 5) is 23.0. The number of hydrogen-bond acceptors (Lipinski definition) is 3. The molecule has 0 aromatic heterocycles. The molecule has 0 aliphatic heterocycles. The third kappa shape index (κ3) is 3.65. The Labute approximate surface area is 97.2 Å². The van der Waals surface area contributed by atoms with E-state index in [1.807, 2.05) is 13.8 Å². The van der Waals surface area contributed by atoms with Gasteiger partial charge in [-0.15, -0.1) is 0 Å². The summed E-state index contributed by atoms with van der Waals surface area (Å²) in [5.41, 5.74) is -0.131. The fourth-order valence-electron chi connectivity index (χ4n) is 1.53. The second-order valence-electron chi connectivity index (χ2n) is 4.43. The van der Waals surface area contributed by atoms with Gasteiger partial charge >= 0.3 is 0 Å². The van der Waals surface area contributed by atoms with Crippen LogP contribution in [0.25, 0.3) is 0 Å². The van der Waals surface area contributed by atoms with Crippen molar-refractivity contribution in [1.29, 1.82) is 0 Å². The highest BCUT2D eigenvalue weighted by Gasteiger charge is 2.30. The first-order valence-electron chi connectivity index (χ1n) is 5.20. The fraction of sp³-hybridized carbons (Fsp3) is 0.538. The standard InChI is InChI=1S/C13H20O3/c1-7-11(16-6)12(15)10(3)13(4,5)8-9(2)14/h7H,3,8H2,1-2,4-6H3/b11-7+. The molecule has 16 heavy (non-hydrogen) atoms. The zero-order valence-corrected chi connectivity index (χ0v) is 10.7. The number of rotatable bonds is 6. The molecule has 0 radical (unpaired) electrons. The molecule has 0 aromatic rings.